The number of hydrogen-bond donors (Lipinski definition) is 0. The number of amides is 1. The maximum Gasteiger partial charge on any atom is 0.254 e. The van der Waals surface area contributed by atoms with Gasteiger partial charge in [-0.05, 0) is 37.5 Å². The van der Waals surface area contributed by atoms with Crippen molar-refractivity contribution in [1.82, 2.24) is 4.90 Å². The van der Waals surface area contributed by atoms with E-state index in [1.807, 2.05) is 88.6 Å². The predicted molar refractivity (Wildman–Crippen MR) is 111 cm³/mol. The minimum Gasteiger partial charge on any atom is -0.331 e. The first-order valence-electron chi connectivity index (χ1n) is 10.2. The van der Waals surface area contributed by atoms with Gasteiger partial charge in [-0.1, -0.05) is 48.5 Å². The van der Waals surface area contributed by atoms with Gasteiger partial charge in [-0.2, -0.15) is 4.57 Å². The van der Waals surface area contributed by atoms with E-state index in [2.05, 4.69) is 6.07 Å². The molecule has 1 fully saturated rings. The highest BCUT2D eigenvalue weighted by atomic mass is 16.2. The van der Waals surface area contributed by atoms with Gasteiger partial charge in [0.1, 0.15) is 0 Å². The summed E-state index contributed by atoms with van der Waals surface area (Å²) in [5.74, 6) is 0.152. The second-order valence-electron chi connectivity index (χ2n) is 7.47. The van der Waals surface area contributed by atoms with Gasteiger partial charge in [0.05, 0.1) is 6.04 Å². The fraction of sp³-hybridized carbons (Fsp3) is 0.240. The SMILES string of the molecule is O=C(C[n+]1cccc(C2CCCCN2C(=O)c2ccccc2)c1)c1ccccc1. The van der Waals surface area contributed by atoms with Gasteiger partial charge in [0.15, 0.2) is 12.4 Å². The van der Waals surface area contributed by atoms with Crippen molar-refractivity contribution in [2.45, 2.75) is 31.8 Å². The van der Waals surface area contributed by atoms with Gasteiger partial charge in [0.25, 0.3) is 5.91 Å². The minimum atomic E-state index is 0.0377. The summed E-state index contributed by atoms with van der Waals surface area (Å²) in [6.45, 7) is 1.05. The number of carbonyl (C=O) groups is 2. The zero-order valence-corrected chi connectivity index (χ0v) is 16.4. The molecule has 29 heavy (non-hydrogen) atoms. The Hall–Kier alpha value is -3.27. The second-order valence-corrected chi connectivity index (χ2v) is 7.47. The summed E-state index contributed by atoms with van der Waals surface area (Å²) >= 11 is 0. The Labute approximate surface area is 171 Å². The summed E-state index contributed by atoms with van der Waals surface area (Å²) in [5, 5.41) is 0. The number of nitrogens with zero attached hydrogens (tertiary/aromatic N) is 2. The van der Waals surface area contributed by atoms with E-state index in [1.165, 1.54) is 0 Å². The van der Waals surface area contributed by atoms with E-state index in [9.17, 15) is 9.59 Å². The van der Waals surface area contributed by atoms with Gasteiger partial charge in [0, 0.05) is 29.3 Å². The maximum absolute atomic E-state index is 13.1. The number of Topliss-reactive ketones (excluding diaryl/α,β-unsaturated/α-hetero) is 1. The van der Waals surface area contributed by atoms with Crippen molar-refractivity contribution in [3.8, 4) is 0 Å². The van der Waals surface area contributed by atoms with E-state index in [1.54, 1.807) is 0 Å². The minimum absolute atomic E-state index is 0.0377. The quantitative estimate of drug-likeness (QED) is 0.487. The molecule has 0 bridgehead atoms. The predicted octanol–water partition coefficient (Wildman–Crippen LogP) is 4.22. The molecular weight excluding hydrogens is 360 g/mol. The van der Waals surface area contributed by atoms with Gasteiger partial charge in [0.2, 0.25) is 12.3 Å². The van der Waals surface area contributed by atoms with Crippen LogP contribution in [0.4, 0.5) is 0 Å². The van der Waals surface area contributed by atoms with E-state index in [0.29, 0.717) is 5.56 Å². The lowest BCUT2D eigenvalue weighted by Crippen LogP contribution is -2.41. The van der Waals surface area contributed by atoms with E-state index in [0.717, 1.165) is 36.9 Å². The van der Waals surface area contributed by atoms with Crippen molar-refractivity contribution >= 4 is 11.7 Å². The van der Waals surface area contributed by atoms with Crippen LogP contribution in [0, 0.1) is 0 Å². The monoisotopic (exact) mass is 385 g/mol. The molecule has 1 aliphatic rings. The third kappa shape index (κ3) is 4.43. The van der Waals surface area contributed by atoms with E-state index in [-0.39, 0.29) is 24.3 Å². The molecule has 0 N–H and O–H groups in total. The van der Waals surface area contributed by atoms with E-state index >= 15 is 0 Å². The highest BCUT2D eigenvalue weighted by molar-refractivity contribution is 5.95. The zero-order valence-electron chi connectivity index (χ0n) is 16.4. The van der Waals surface area contributed by atoms with Crippen molar-refractivity contribution in [2.24, 2.45) is 0 Å². The van der Waals surface area contributed by atoms with Crippen LogP contribution in [0.25, 0.3) is 0 Å². The number of carbonyl (C=O) groups excluding carboxylic acids is 2. The average Bonchev–Trinajstić information content (AvgIpc) is 2.80. The van der Waals surface area contributed by atoms with Crippen LogP contribution in [0.1, 0.15) is 51.6 Å². The summed E-state index contributed by atoms with van der Waals surface area (Å²) in [4.78, 5) is 27.7. The lowest BCUT2D eigenvalue weighted by atomic mass is 9.95. The zero-order chi connectivity index (χ0) is 20.1. The molecule has 1 aliphatic heterocycles. The Balaban J connectivity index is 1.55. The number of pyridine rings is 1. The molecule has 0 aliphatic carbocycles. The standard InChI is InChI=1S/C25H25N2O2/c28-24(20-10-3-1-4-11-20)19-26-16-9-14-22(18-26)23-15-7-8-17-27(23)25(29)21-12-5-2-6-13-21/h1-6,9-14,16,18,23H,7-8,15,17,19H2/q+1. The topological polar surface area (TPSA) is 41.3 Å². The Morgan fingerprint density at radius 1 is 0.862 bits per heavy atom. The van der Waals surface area contributed by atoms with Crippen LogP contribution >= 0.6 is 0 Å². The Kier molecular flexibility index (Phi) is 5.80. The molecule has 1 saturated heterocycles. The maximum atomic E-state index is 13.1. The molecule has 1 atom stereocenters. The van der Waals surface area contributed by atoms with Crippen molar-refractivity contribution < 1.29 is 14.2 Å². The lowest BCUT2D eigenvalue weighted by Gasteiger charge is -2.35. The molecule has 1 amide bonds. The molecular formula is C25H25N2O2+. The van der Waals surface area contributed by atoms with Crippen molar-refractivity contribution in [2.75, 3.05) is 6.54 Å². The van der Waals surface area contributed by atoms with Gasteiger partial charge in [-0.25, -0.2) is 0 Å². The molecule has 146 valence electrons. The van der Waals surface area contributed by atoms with Crippen LogP contribution in [-0.2, 0) is 6.54 Å². The Morgan fingerprint density at radius 2 is 1.55 bits per heavy atom. The summed E-state index contributed by atoms with van der Waals surface area (Å²) in [6, 6.07) is 22.9. The normalized spacial score (nSPS) is 16.4. The first-order valence-corrected chi connectivity index (χ1v) is 10.2. The molecule has 2 aromatic carbocycles. The molecule has 3 aromatic rings. The lowest BCUT2D eigenvalue weighted by molar-refractivity contribution is -0.683. The van der Waals surface area contributed by atoms with E-state index in [4.69, 9.17) is 0 Å². The smallest absolute Gasteiger partial charge is 0.254 e. The number of likely N-dealkylation sites (tertiary alicyclic amines) is 1. The van der Waals surface area contributed by atoms with E-state index < -0.39 is 0 Å². The van der Waals surface area contributed by atoms with Crippen LogP contribution in [0.15, 0.2) is 85.2 Å². The molecule has 4 nitrogen and oxygen atoms in total. The number of piperidine rings is 1. The fourth-order valence-electron chi connectivity index (χ4n) is 3.99. The fourth-order valence-corrected chi connectivity index (χ4v) is 3.99. The van der Waals surface area contributed by atoms with Gasteiger partial charge < -0.3 is 4.90 Å². The first kappa shape index (κ1) is 19.1. The van der Waals surface area contributed by atoms with Crippen LogP contribution in [0.3, 0.4) is 0 Å². The molecule has 1 unspecified atom stereocenters. The number of benzene rings is 2. The molecule has 1 aromatic heterocycles. The van der Waals surface area contributed by atoms with Gasteiger partial charge in [-0.15, -0.1) is 0 Å². The van der Waals surface area contributed by atoms with Gasteiger partial charge >= 0.3 is 0 Å². The molecule has 2 heterocycles. The number of aromatic nitrogens is 1. The van der Waals surface area contributed by atoms with Crippen molar-refractivity contribution in [3.63, 3.8) is 0 Å². The van der Waals surface area contributed by atoms with Crippen LogP contribution in [0.2, 0.25) is 0 Å². The third-order valence-corrected chi connectivity index (χ3v) is 5.47. The van der Waals surface area contributed by atoms with Crippen molar-refractivity contribution in [3.05, 3.63) is 102 Å². The number of ketones is 1. The molecule has 0 spiro atoms. The Morgan fingerprint density at radius 3 is 2.28 bits per heavy atom. The number of hydrogen-bond acceptors (Lipinski definition) is 2. The summed E-state index contributed by atoms with van der Waals surface area (Å²) in [7, 11) is 0. The number of rotatable bonds is 5. The summed E-state index contributed by atoms with van der Waals surface area (Å²) < 4.78 is 1.92. The van der Waals surface area contributed by atoms with Crippen molar-refractivity contribution in [1.29, 1.82) is 0 Å². The molecule has 4 rings (SSSR count). The first-order chi connectivity index (χ1) is 14.2. The van der Waals surface area contributed by atoms with Gasteiger partial charge in [-0.3, -0.25) is 9.59 Å². The van der Waals surface area contributed by atoms with Crippen LogP contribution < -0.4 is 4.57 Å². The molecule has 0 radical (unpaired) electrons. The Bertz CT molecular complexity index is 986. The molecule has 4 heteroatoms. The van der Waals surface area contributed by atoms with Crippen LogP contribution in [0.5, 0.6) is 0 Å². The highest BCUT2D eigenvalue weighted by Crippen LogP contribution is 2.31. The highest BCUT2D eigenvalue weighted by Gasteiger charge is 2.30. The summed E-state index contributed by atoms with van der Waals surface area (Å²) in [6.07, 6.45) is 6.99. The average molecular weight is 385 g/mol. The third-order valence-electron chi connectivity index (χ3n) is 5.47. The summed E-state index contributed by atoms with van der Waals surface area (Å²) in [5.41, 5.74) is 2.52. The largest absolute Gasteiger partial charge is 0.331 e. The van der Waals surface area contributed by atoms with Crippen LogP contribution in [-0.4, -0.2) is 23.1 Å². The molecule has 0 saturated carbocycles. The second kappa shape index (κ2) is 8.82.